The van der Waals surface area contributed by atoms with Crippen LogP contribution in [0, 0.1) is 12.7 Å². The zero-order chi connectivity index (χ0) is 23.1. The summed E-state index contributed by atoms with van der Waals surface area (Å²) in [6.45, 7) is 2.00. The number of benzene rings is 3. The molecule has 0 radical (unpaired) electrons. The van der Waals surface area contributed by atoms with Crippen molar-refractivity contribution >= 4 is 51.7 Å². The number of anilines is 2. The maximum atomic E-state index is 13.7. The number of aliphatic imine (C=N–C) groups is 1. The van der Waals surface area contributed by atoms with E-state index in [1.165, 1.54) is 23.9 Å². The van der Waals surface area contributed by atoms with Crippen LogP contribution in [0.3, 0.4) is 0 Å². The largest absolute Gasteiger partial charge is 0.497 e. The van der Waals surface area contributed by atoms with Crippen molar-refractivity contribution in [2.75, 3.05) is 24.0 Å². The molecule has 3 aromatic carbocycles. The first-order valence-corrected chi connectivity index (χ1v) is 11.8. The number of methoxy groups -OCH3 is 1. The average Bonchev–Trinajstić information content (AvgIpc) is 3.30. The van der Waals surface area contributed by atoms with Crippen LogP contribution in [0.4, 0.5) is 21.5 Å². The maximum Gasteiger partial charge on any atom is 0.274 e. The number of nitrogens with zero attached hydrogens (tertiary/aromatic N) is 3. The minimum atomic E-state index is -0.357. The lowest BCUT2D eigenvalue weighted by atomic mass is 10.2. The van der Waals surface area contributed by atoms with Crippen LogP contribution in [0.25, 0.3) is 0 Å². The fourth-order valence-corrected chi connectivity index (χ4v) is 5.98. The van der Waals surface area contributed by atoms with Gasteiger partial charge in [0.1, 0.15) is 16.5 Å². The highest BCUT2D eigenvalue weighted by Gasteiger charge is 2.40. The van der Waals surface area contributed by atoms with Crippen LogP contribution in [-0.2, 0) is 4.79 Å². The summed E-state index contributed by atoms with van der Waals surface area (Å²) in [5, 5.41) is 1.36. The Bertz CT molecular complexity index is 1320. The Morgan fingerprint density at radius 2 is 1.79 bits per heavy atom. The molecule has 2 aliphatic heterocycles. The molecule has 3 aromatic rings. The van der Waals surface area contributed by atoms with Crippen LogP contribution in [0.5, 0.6) is 5.75 Å². The molecule has 0 unspecified atom stereocenters. The molecule has 2 aliphatic rings. The number of rotatable bonds is 3. The van der Waals surface area contributed by atoms with E-state index in [1.807, 2.05) is 61.3 Å². The van der Waals surface area contributed by atoms with E-state index in [-0.39, 0.29) is 11.7 Å². The van der Waals surface area contributed by atoms with Gasteiger partial charge in [0.15, 0.2) is 5.17 Å². The van der Waals surface area contributed by atoms with Gasteiger partial charge in [0.25, 0.3) is 5.91 Å². The Labute approximate surface area is 200 Å². The van der Waals surface area contributed by atoms with Crippen LogP contribution >= 0.6 is 23.5 Å². The molecule has 0 aromatic heterocycles. The Kier molecular flexibility index (Phi) is 5.64. The van der Waals surface area contributed by atoms with Gasteiger partial charge in [-0.2, -0.15) is 0 Å². The van der Waals surface area contributed by atoms with Crippen LogP contribution < -0.4 is 14.5 Å². The summed E-state index contributed by atoms with van der Waals surface area (Å²) in [4.78, 5) is 23.6. The van der Waals surface area contributed by atoms with Crippen molar-refractivity contribution in [1.29, 1.82) is 0 Å². The smallest absolute Gasteiger partial charge is 0.274 e. The topological polar surface area (TPSA) is 45.1 Å². The maximum absolute atomic E-state index is 13.7. The van der Waals surface area contributed by atoms with Gasteiger partial charge >= 0.3 is 0 Å². The molecule has 5 nitrogen and oxygen atoms in total. The molecule has 0 saturated carbocycles. The molecule has 1 amide bonds. The summed E-state index contributed by atoms with van der Waals surface area (Å²) in [5.74, 6) is 0.212. The van der Waals surface area contributed by atoms with Gasteiger partial charge in [-0.05, 0) is 72.8 Å². The van der Waals surface area contributed by atoms with Gasteiger partial charge in [0, 0.05) is 18.0 Å². The lowest BCUT2D eigenvalue weighted by molar-refractivity contribution is -0.113. The third kappa shape index (κ3) is 4.00. The molecule has 0 N–H and O–H groups in total. The number of carbonyl (C=O) groups is 1. The Balaban J connectivity index is 1.60. The van der Waals surface area contributed by atoms with E-state index in [0.29, 0.717) is 15.8 Å². The fourth-order valence-electron chi connectivity index (χ4n) is 3.66. The zero-order valence-electron chi connectivity index (χ0n) is 18.2. The summed E-state index contributed by atoms with van der Waals surface area (Å²) in [5.41, 5.74) is 3.38. The average molecular weight is 478 g/mol. The summed E-state index contributed by atoms with van der Waals surface area (Å²) < 4.78 is 18.9. The van der Waals surface area contributed by atoms with Crippen molar-refractivity contribution in [3.05, 3.63) is 88.0 Å². The molecule has 166 valence electrons. The van der Waals surface area contributed by atoms with Crippen LogP contribution in [0.2, 0.25) is 0 Å². The Hall–Kier alpha value is -3.23. The van der Waals surface area contributed by atoms with E-state index in [9.17, 15) is 9.18 Å². The lowest BCUT2D eigenvalue weighted by Gasteiger charge is -2.17. The van der Waals surface area contributed by atoms with Gasteiger partial charge in [-0.1, -0.05) is 23.9 Å². The van der Waals surface area contributed by atoms with Gasteiger partial charge < -0.3 is 9.64 Å². The molecule has 33 heavy (non-hydrogen) atoms. The first-order chi connectivity index (χ1) is 15.9. The lowest BCUT2D eigenvalue weighted by Crippen LogP contribution is -2.29. The summed E-state index contributed by atoms with van der Waals surface area (Å²) >= 11 is 2.87. The highest BCUT2D eigenvalue weighted by molar-refractivity contribution is 8.20. The van der Waals surface area contributed by atoms with Gasteiger partial charge in [-0.15, -0.1) is 0 Å². The van der Waals surface area contributed by atoms with Crippen LogP contribution in [-0.4, -0.2) is 25.2 Å². The number of hydrogen-bond acceptors (Lipinski definition) is 6. The van der Waals surface area contributed by atoms with E-state index in [0.717, 1.165) is 32.6 Å². The number of amides is 1. The van der Waals surface area contributed by atoms with Crippen LogP contribution in [0.15, 0.2) is 86.6 Å². The second-order valence-corrected chi connectivity index (χ2v) is 9.59. The van der Waals surface area contributed by atoms with Gasteiger partial charge in [0.05, 0.1) is 29.2 Å². The zero-order valence-corrected chi connectivity index (χ0v) is 19.8. The number of ether oxygens (including phenoxy) is 1. The molecule has 8 heteroatoms. The van der Waals surface area contributed by atoms with Gasteiger partial charge in [-0.25, -0.2) is 9.38 Å². The highest BCUT2D eigenvalue weighted by Crippen LogP contribution is 2.51. The second-order valence-electron chi connectivity index (χ2n) is 7.58. The van der Waals surface area contributed by atoms with Crippen molar-refractivity contribution in [2.45, 2.75) is 11.8 Å². The predicted molar refractivity (Wildman–Crippen MR) is 134 cm³/mol. The first-order valence-electron chi connectivity index (χ1n) is 10.2. The van der Waals surface area contributed by atoms with Crippen LogP contribution in [0.1, 0.15) is 5.56 Å². The number of thioether (sulfide) groups is 2. The summed E-state index contributed by atoms with van der Waals surface area (Å²) in [6.07, 6.45) is 0. The fraction of sp³-hybridized carbons (Fsp3) is 0.120. The summed E-state index contributed by atoms with van der Waals surface area (Å²) in [7, 11) is 3.57. The molecule has 0 spiro atoms. The Morgan fingerprint density at radius 1 is 1.00 bits per heavy atom. The second kappa shape index (κ2) is 8.61. The molecular weight excluding hydrogens is 457 g/mol. The van der Waals surface area contributed by atoms with Crippen molar-refractivity contribution in [3.8, 4) is 5.75 Å². The molecular formula is C25H20FN3O2S2. The van der Waals surface area contributed by atoms with Gasteiger partial charge in [0.2, 0.25) is 0 Å². The van der Waals surface area contributed by atoms with E-state index in [1.54, 1.807) is 35.9 Å². The summed E-state index contributed by atoms with van der Waals surface area (Å²) in [6, 6.07) is 19.5. The number of halogens is 1. The third-order valence-corrected chi connectivity index (χ3v) is 7.72. The molecule has 0 atom stereocenters. The molecule has 1 saturated heterocycles. The van der Waals surface area contributed by atoms with E-state index in [4.69, 9.17) is 9.73 Å². The van der Waals surface area contributed by atoms with Crippen molar-refractivity contribution < 1.29 is 13.9 Å². The van der Waals surface area contributed by atoms with Crippen molar-refractivity contribution in [3.63, 3.8) is 0 Å². The number of amidine groups is 1. The molecule has 0 bridgehead atoms. The highest BCUT2D eigenvalue weighted by atomic mass is 32.2. The molecule has 2 heterocycles. The van der Waals surface area contributed by atoms with E-state index in [2.05, 4.69) is 0 Å². The standard InChI is InChI=1S/C25H20FN3O2S2/c1-15-5-4-6-17(13-15)27-25-29(18-9-7-16(26)8-10-18)23(30)22(33-25)24-28(2)20-14-19(31-3)11-12-21(20)32-24/h4-14H,1-3H3. The van der Waals surface area contributed by atoms with Crippen molar-refractivity contribution in [1.82, 2.24) is 0 Å². The number of hydrogen-bond donors (Lipinski definition) is 0. The number of carbonyl (C=O) groups excluding carboxylic acids is 1. The monoisotopic (exact) mass is 477 g/mol. The molecule has 5 rings (SSSR count). The number of aryl methyl sites for hydroxylation is 1. The SMILES string of the molecule is COc1ccc2c(c1)N(C)C(=C1SC(=Nc3cccc(C)c3)N(c3ccc(F)cc3)C1=O)S2. The quantitative estimate of drug-likeness (QED) is 0.413. The van der Waals surface area contributed by atoms with E-state index < -0.39 is 0 Å². The third-order valence-electron chi connectivity index (χ3n) is 5.33. The molecule has 0 aliphatic carbocycles. The van der Waals surface area contributed by atoms with E-state index >= 15 is 0 Å². The van der Waals surface area contributed by atoms with Crippen molar-refractivity contribution in [2.24, 2.45) is 4.99 Å². The minimum Gasteiger partial charge on any atom is -0.497 e. The Morgan fingerprint density at radius 3 is 2.52 bits per heavy atom. The van der Waals surface area contributed by atoms with Gasteiger partial charge in [-0.3, -0.25) is 9.69 Å². The molecule has 1 fully saturated rings. The minimum absolute atomic E-state index is 0.188. The number of fused-ring (bicyclic) bond motifs is 1. The normalized spacial score (nSPS) is 18.9. The predicted octanol–water partition coefficient (Wildman–Crippen LogP) is 6.32. The first kappa shape index (κ1) is 21.6.